The van der Waals surface area contributed by atoms with Crippen molar-refractivity contribution in [3.8, 4) is 0 Å². The molecule has 176 valence electrons. The zero-order valence-electron chi connectivity index (χ0n) is 18.9. The number of carbonyl (C=O) groups excluding carboxylic acids is 3. The Balaban J connectivity index is 1.43. The maximum atomic E-state index is 13.6. The third kappa shape index (κ3) is 3.70. The van der Waals surface area contributed by atoms with E-state index >= 15 is 0 Å². The van der Waals surface area contributed by atoms with Gasteiger partial charge in [0.25, 0.3) is 0 Å². The molecule has 1 saturated heterocycles. The van der Waals surface area contributed by atoms with E-state index in [1.165, 1.54) is 6.92 Å². The Bertz CT molecular complexity index is 1340. The first-order valence-electron chi connectivity index (χ1n) is 11.2. The lowest BCUT2D eigenvalue weighted by Crippen LogP contribution is -2.47. The molecule has 0 unspecified atom stereocenters. The van der Waals surface area contributed by atoms with Crippen molar-refractivity contribution in [2.24, 2.45) is 11.1 Å². The number of halogens is 1. The fourth-order valence-corrected chi connectivity index (χ4v) is 5.37. The zero-order valence-corrected chi connectivity index (χ0v) is 20.5. The smallest absolute Gasteiger partial charge is 0.248 e. The first-order valence-corrected chi connectivity index (χ1v) is 11.9. The average Bonchev–Trinajstić information content (AvgIpc) is 3.24. The number of aryl methyl sites for hydroxylation is 1. The van der Waals surface area contributed by atoms with Crippen molar-refractivity contribution in [3.63, 3.8) is 0 Å². The van der Waals surface area contributed by atoms with Crippen LogP contribution in [0, 0.1) is 12.3 Å². The second-order valence-corrected chi connectivity index (χ2v) is 9.99. The number of anilines is 1. The molecule has 3 heterocycles. The average molecular weight is 525 g/mol. The van der Waals surface area contributed by atoms with Gasteiger partial charge in [0, 0.05) is 30.3 Å². The maximum absolute atomic E-state index is 13.6. The Morgan fingerprint density at radius 1 is 1.21 bits per heavy atom. The number of nitrogens with two attached hydrogens (primary N) is 1. The molecule has 34 heavy (non-hydrogen) atoms. The minimum absolute atomic E-state index is 0.0666. The number of pyridine rings is 1. The summed E-state index contributed by atoms with van der Waals surface area (Å²) in [5.41, 5.74) is 7.68. The molecule has 9 nitrogen and oxygen atoms in total. The van der Waals surface area contributed by atoms with Gasteiger partial charge in [-0.2, -0.15) is 5.10 Å². The lowest BCUT2D eigenvalue weighted by atomic mass is 9.99. The number of carbonyl (C=O) groups is 3. The van der Waals surface area contributed by atoms with E-state index in [1.54, 1.807) is 15.6 Å². The van der Waals surface area contributed by atoms with Crippen LogP contribution in [0.3, 0.4) is 0 Å². The van der Waals surface area contributed by atoms with Crippen LogP contribution in [0.15, 0.2) is 41.0 Å². The molecule has 2 aliphatic rings. The number of ketones is 1. The number of amides is 2. The number of piperidine rings is 1. The molecule has 0 radical (unpaired) electrons. The number of para-hydroxylation sites is 1. The zero-order chi connectivity index (χ0) is 24.2. The predicted molar refractivity (Wildman–Crippen MR) is 130 cm³/mol. The van der Waals surface area contributed by atoms with Gasteiger partial charge in [-0.3, -0.25) is 19.1 Å². The van der Waals surface area contributed by atoms with Gasteiger partial charge in [0.05, 0.1) is 5.52 Å². The van der Waals surface area contributed by atoms with Crippen LogP contribution in [0.25, 0.3) is 10.9 Å². The Hall–Kier alpha value is -3.11. The number of nitrogens with zero attached hydrogens (tertiary/aromatic N) is 4. The number of fused-ring (bicyclic) bond motifs is 2. The van der Waals surface area contributed by atoms with Gasteiger partial charge in [-0.1, -0.05) is 24.3 Å². The van der Waals surface area contributed by atoms with E-state index in [0.717, 1.165) is 12.0 Å². The van der Waals surface area contributed by atoms with Crippen LogP contribution >= 0.6 is 15.9 Å². The molecule has 3 aromatic rings. The molecular formula is C24H25BrN6O3. The van der Waals surface area contributed by atoms with Gasteiger partial charge in [0.15, 0.2) is 5.78 Å². The van der Waals surface area contributed by atoms with Crippen molar-refractivity contribution in [1.82, 2.24) is 19.7 Å². The van der Waals surface area contributed by atoms with Gasteiger partial charge >= 0.3 is 0 Å². The molecule has 1 aliphatic carbocycles. The minimum Gasteiger partial charge on any atom is -0.330 e. The number of rotatable bonds is 6. The van der Waals surface area contributed by atoms with Crippen LogP contribution in [0.2, 0.25) is 0 Å². The molecule has 2 aromatic heterocycles. The molecule has 10 heteroatoms. The third-order valence-electron chi connectivity index (χ3n) is 7.00. The highest BCUT2D eigenvalue weighted by atomic mass is 79.9. The normalized spacial score (nSPS) is 23.1. The van der Waals surface area contributed by atoms with Crippen LogP contribution in [-0.4, -0.2) is 55.9 Å². The Morgan fingerprint density at radius 2 is 1.97 bits per heavy atom. The van der Waals surface area contributed by atoms with Crippen LogP contribution in [0.5, 0.6) is 0 Å². The molecule has 2 fully saturated rings. The fourth-order valence-electron chi connectivity index (χ4n) is 5.06. The highest BCUT2D eigenvalue weighted by Crippen LogP contribution is 2.59. The summed E-state index contributed by atoms with van der Waals surface area (Å²) in [6.07, 6.45) is 1.29. The van der Waals surface area contributed by atoms with Gasteiger partial charge in [-0.25, -0.2) is 4.98 Å². The van der Waals surface area contributed by atoms with E-state index in [4.69, 9.17) is 5.73 Å². The molecule has 1 saturated carbocycles. The summed E-state index contributed by atoms with van der Waals surface area (Å²) in [6, 6.07) is 10.3. The second-order valence-electron chi connectivity index (χ2n) is 9.18. The molecule has 1 aliphatic heterocycles. The number of likely N-dealkylation sites (tertiary alicyclic amines) is 1. The summed E-state index contributed by atoms with van der Waals surface area (Å²) in [5.74, 6) is -0.211. The monoisotopic (exact) mass is 524 g/mol. The Kier molecular flexibility index (Phi) is 5.52. The van der Waals surface area contributed by atoms with Crippen molar-refractivity contribution >= 4 is 50.2 Å². The number of benzene rings is 1. The van der Waals surface area contributed by atoms with Crippen molar-refractivity contribution in [2.45, 2.75) is 45.3 Å². The van der Waals surface area contributed by atoms with Crippen molar-refractivity contribution < 1.29 is 14.4 Å². The summed E-state index contributed by atoms with van der Waals surface area (Å²) in [5, 5.41) is 8.01. The first kappa shape index (κ1) is 22.7. The lowest BCUT2D eigenvalue weighted by molar-refractivity contribution is -0.138. The number of Topliss-reactive ketones (excluding diaryl/α,β-unsaturated/α-hetero) is 1. The van der Waals surface area contributed by atoms with Crippen LogP contribution in [0.4, 0.5) is 5.82 Å². The van der Waals surface area contributed by atoms with Crippen molar-refractivity contribution in [3.05, 3.63) is 52.3 Å². The van der Waals surface area contributed by atoms with E-state index in [-0.39, 0.29) is 35.6 Å². The second kappa shape index (κ2) is 8.28. The van der Waals surface area contributed by atoms with E-state index in [0.29, 0.717) is 40.0 Å². The van der Waals surface area contributed by atoms with Gasteiger partial charge < -0.3 is 16.0 Å². The highest BCUT2D eigenvalue weighted by Gasteiger charge is 2.66. The Labute approximate surface area is 204 Å². The maximum Gasteiger partial charge on any atom is 0.248 e. The van der Waals surface area contributed by atoms with E-state index in [2.05, 4.69) is 31.3 Å². The molecule has 0 bridgehead atoms. The first-order chi connectivity index (χ1) is 16.2. The summed E-state index contributed by atoms with van der Waals surface area (Å²) >= 11 is 3.33. The summed E-state index contributed by atoms with van der Waals surface area (Å²) < 4.78 is 2.16. The molecule has 3 atom stereocenters. The summed E-state index contributed by atoms with van der Waals surface area (Å²) in [6.45, 7) is 3.67. The van der Waals surface area contributed by atoms with Crippen molar-refractivity contribution in [1.29, 1.82) is 0 Å². The van der Waals surface area contributed by atoms with Gasteiger partial charge in [0.2, 0.25) is 11.8 Å². The van der Waals surface area contributed by atoms with Gasteiger partial charge in [-0.15, -0.1) is 0 Å². The quantitative estimate of drug-likeness (QED) is 0.377. The predicted octanol–water partition coefficient (Wildman–Crippen LogP) is 2.66. The number of hydrogen-bond acceptors (Lipinski definition) is 6. The molecule has 2 amide bonds. The number of nitrogens with one attached hydrogen (secondary N) is 1. The number of aromatic nitrogens is 3. The number of hydrogen-bond donors (Lipinski definition) is 2. The van der Waals surface area contributed by atoms with Crippen LogP contribution < -0.4 is 11.1 Å². The summed E-state index contributed by atoms with van der Waals surface area (Å²) in [7, 11) is 0. The SMILES string of the molecule is CC(=O)c1nn(CC(=O)N2[C@H](C(=O)Nc3nc(Br)ccc3C)C[C@@]3(CN)C[C@@H]23)c2ccccc12. The molecular weight excluding hydrogens is 500 g/mol. The summed E-state index contributed by atoms with van der Waals surface area (Å²) in [4.78, 5) is 45.0. The fraction of sp³-hybridized carbons (Fsp3) is 0.375. The Morgan fingerprint density at radius 3 is 2.71 bits per heavy atom. The standard InChI is InChI=1S/C24H25BrN6O3/c1-13-7-8-19(25)27-22(13)28-23(34)17-9-24(12-26)10-18(24)31(17)20(33)11-30-16-6-4-3-5-15(16)21(29-30)14(2)32/h3-8,17-18H,9-12,26H2,1-2H3,(H,27,28,34)/t17-,18+,24-/m0/s1. The van der Waals surface area contributed by atoms with Gasteiger partial charge in [-0.05, 0) is 53.4 Å². The van der Waals surface area contributed by atoms with Crippen LogP contribution in [0.1, 0.15) is 35.8 Å². The van der Waals surface area contributed by atoms with Crippen LogP contribution in [-0.2, 0) is 16.1 Å². The van der Waals surface area contributed by atoms with E-state index < -0.39 is 6.04 Å². The van der Waals surface area contributed by atoms with Crippen molar-refractivity contribution in [2.75, 3.05) is 11.9 Å². The molecule has 0 spiro atoms. The highest BCUT2D eigenvalue weighted by molar-refractivity contribution is 9.10. The third-order valence-corrected chi connectivity index (χ3v) is 7.44. The topological polar surface area (TPSA) is 123 Å². The van der Waals surface area contributed by atoms with E-state index in [9.17, 15) is 14.4 Å². The van der Waals surface area contributed by atoms with E-state index in [1.807, 2.05) is 37.3 Å². The molecule has 1 aromatic carbocycles. The largest absolute Gasteiger partial charge is 0.330 e. The molecule has 5 rings (SSSR count). The van der Waals surface area contributed by atoms with Gasteiger partial charge in [0.1, 0.15) is 28.7 Å². The minimum atomic E-state index is -0.649. The lowest BCUT2D eigenvalue weighted by Gasteiger charge is -2.27. The molecule has 3 N–H and O–H groups in total.